The van der Waals surface area contributed by atoms with E-state index < -0.39 is 18.0 Å². The fourth-order valence-corrected chi connectivity index (χ4v) is 3.61. The zero-order chi connectivity index (χ0) is 22.7. The molecule has 1 aromatic heterocycles. The van der Waals surface area contributed by atoms with E-state index in [0.717, 1.165) is 29.2 Å². The quantitative estimate of drug-likeness (QED) is 0.564. The number of halogens is 4. The topological polar surface area (TPSA) is 70.2 Å². The highest BCUT2D eigenvalue weighted by Gasteiger charge is 2.31. The van der Waals surface area contributed by atoms with Gasteiger partial charge in [-0.05, 0) is 60.9 Å². The second kappa shape index (κ2) is 8.89. The third-order valence-electron chi connectivity index (χ3n) is 5.20. The predicted octanol–water partition coefficient (Wildman–Crippen LogP) is 4.51. The molecule has 2 aromatic carbocycles. The molecule has 168 valence electrons. The number of piperidine rings is 1. The van der Waals surface area contributed by atoms with Crippen LogP contribution >= 0.6 is 0 Å². The molecule has 2 N–H and O–H groups in total. The number of benzene rings is 2. The van der Waals surface area contributed by atoms with Crippen molar-refractivity contribution in [3.8, 4) is 17.0 Å². The molecular weight excluding hydrogens is 428 g/mol. The SMILES string of the molecule is O=C(NC1CCN(c2cc(-c3ccc(F)cc3)[nH]n2)CC1)c1cccc(OC(F)(F)F)c1. The number of carbonyl (C=O) groups is 1. The third kappa shape index (κ3) is 5.37. The molecular formula is C22H20F4N4O2. The number of carbonyl (C=O) groups excluding carboxylic acids is 1. The molecule has 0 unspecified atom stereocenters. The average Bonchev–Trinajstić information content (AvgIpc) is 3.24. The van der Waals surface area contributed by atoms with E-state index >= 15 is 0 Å². The summed E-state index contributed by atoms with van der Waals surface area (Å²) in [7, 11) is 0. The zero-order valence-corrected chi connectivity index (χ0v) is 16.8. The van der Waals surface area contributed by atoms with Crippen molar-refractivity contribution in [2.45, 2.75) is 25.2 Å². The lowest BCUT2D eigenvalue weighted by Crippen LogP contribution is -2.44. The van der Waals surface area contributed by atoms with Gasteiger partial charge in [0.05, 0.1) is 5.69 Å². The van der Waals surface area contributed by atoms with E-state index in [2.05, 4.69) is 25.2 Å². The molecule has 0 aliphatic carbocycles. The fraction of sp³-hybridized carbons (Fsp3) is 0.273. The van der Waals surface area contributed by atoms with Crippen LogP contribution in [0.4, 0.5) is 23.4 Å². The van der Waals surface area contributed by atoms with Crippen LogP contribution in [0, 0.1) is 5.82 Å². The lowest BCUT2D eigenvalue weighted by molar-refractivity contribution is -0.274. The molecule has 1 amide bonds. The number of H-pyrrole nitrogens is 1. The van der Waals surface area contributed by atoms with Crippen LogP contribution in [-0.2, 0) is 0 Å². The summed E-state index contributed by atoms with van der Waals surface area (Å²) < 4.78 is 54.1. The molecule has 1 aliphatic rings. The largest absolute Gasteiger partial charge is 0.573 e. The van der Waals surface area contributed by atoms with Crippen LogP contribution in [0.2, 0.25) is 0 Å². The Balaban J connectivity index is 1.32. The Bertz CT molecular complexity index is 1070. The van der Waals surface area contributed by atoms with Crippen LogP contribution in [0.25, 0.3) is 11.3 Å². The number of hydrogen-bond acceptors (Lipinski definition) is 4. The Morgan fingerprint density at radius 1 is 1.09 bits per heavy atom. The highest BCUT2D eigenvalue weighted by molar-refractivity contribution is 5.94. The molecule has 6 nitrogen and oxygen atoms in total. The molecule has 0 bridgehead atoms. The number of ether oxygens (including phenoxy) is 1. The number of amides is 1. The summed E-state index contributed by atoms with van der Waals surface area (Å²) in [5.41, 5.74) is 1.70. The molecule has 0 atom stereocenters. The number of aromatic amines is 1. The van der Waals surface area contributed by atoms with Gasteiger partial charge in [0.2, 0.25) is 0 Å². The van der Waals surface area contributed by atoms with E-state index in [4.69, 9.17) is 0 Å². The number of rotatable bonds is 5. The van der Waals surface area contributed by atoms with Crippen molar-refractivity contribution in [1.29, 1.82) is 0 Å². The maximum atomic E-state index is 13.1. The molecule has 32 heavy (non-hydrogen) atoms. The number of alkyl halides is 3. The fourth-order valence-electron chi connectivity index (χ4n) is 3.61. The highest BCUT2D eigenvalue weighted by atomic mass is 19.4. The number of anilines is 1. The van der Waals surface area contributed by atoms with Crippen molar-refractivity contribution in [2.24, 2.45) is 0 Å². The maximum Gasteiger partial charge on any atom is 0.573 e. The second-order valence-electron chi connectivity index (χ2n) is 7.46. The van der Waals surface area contributed by atoms with Gasteiger partial charge in [-0.3, -0.25) is 9.89 Å². The zero-order valence-electron chi connectivity index (χ0n) is 16.8. The Kier molecular flexibility index (Phi) is 6.02. The van der Waals surface area contributed by atoms with Crippen molar-refractivity contribution in [3.05, 3.63) is 66.0 Å². The molecule has 4 rings (SSSR count). The molecule has 2 heterocycles. The Morgan fingerprint density at radius 2 is 1.81 bits per heavy atom. The lowest BCUT2D eigenvalue weighted by atomic mass is 10.0. The number of nitrogens with zero attached hydrogens (tertiary/aromatic N) is 2. The van der Waals surface area contributed by atoms with Gasteiger partial charge in [0.1, 0.15) is 11.6 Å². The number of aromatic nitrogens is 2. The first kappa shape index (κ1) is 21.7. The monoisotopic (exact) mass is 448 g/mol. The molecule has 1 fully saturated rings. The normalized spacial score (nSPS) is 14.9. The smallest absolute Gasteiger partial charge is 0.406 e. The molecule has 1 aliphatic heterocycles. The average molecular weight is 448 g/mol. The van der Waals surface area contributed by atoms with Crippen LogP contribution in [0.15, 0.2) is 54.6 Å². The molecule has 0 spiro atoms. The van der Waals surface area contributed by atoms with Gasteiger partial charge < -0.3 is 15.0 Å². The van der Waals surface area contributed by atoms with Gasteiger partial charge in [0.25, 0.3) is 5.91 Å². The Hall–Kier alpha value is -3.56. The van der Waals surface area contributed by atoms with Gasteiger partial charge >= 0.3 is 6.36 Å². The van der Waals surface area contributed by atoms with Gasteiger partial charge in [0.15, 0.2) is 5.82 Å². The number of hydrogen-bond donors (Lipinski definition) is 2. The lowest BCUT2D eigenvalue weighted by Gasteiger charge is -2.32. The first-order valence-corrected chi connectivity index (χ1v) is 10.00. The maximum absolute atomic E-state index is 13.1. The number of nitrogens with one attached hydrogen (secondary N) is 2. The minimum atomic E-state index is -4.81. The highest BCUT2D eigenvalue weighted by Crippen LogP contribution is 2.25. The van der Waals surface area contributed by atoms with Gasteiger partial charge in [-0.15, -0.1) is 13.2 Å². The molecule has 0 saturated carbocycles. The third-order valence-corrected chi connectivity index (χ3v) is 5.20. The first-order chi connectivity index (χ1) is 15.3. The van der Waals surface area contributed by atoms with E-state index in [1.165, 1.54) is 24.3 Å². The van der Waals surface area contributed by atoms with Crippen LogP contribution < -0.4 is 15.0 Å². The Labute approximate surface area is 181 Å². The Morgan fingerprint density at radius 3 is 2.50 bits per heavy atom. The van der Waals surface area contributed by atoms with Gasteiger partial charge in [-0.2, -0.15) is 5.10 Å². The van der Waals surface area contributed by atoms with Gasteiger partial charge in [-0.1, -0.05) is 6.07 Å². The predicted molar refractivity (Wildman–Crippen MR) is 110 cm³/mol. The van der Waals surface area contributed by atoms with Crippen molar-refractivity contribution in [3.63, 3.8) is 0 Å². The molecule has 0 radical (unpaired) electrons. The molecule has 3 aromatic rings. The second-order valence-corrected chi connectivity index (χ2v) is 7.46. The van der Waals surface area contributed by atoms with E-state index in [-0.39, 0.29) is 17.4 Å². The van der Waals surface area contributed by atoms with Crippen LogP contribution in [-0.4, -0.2) is 41.6 Å². The summed E-state index contributed by atoms with van der Waals surface area (Å²) in [4.78, 5) is 14.5. The van der Waals surface area contributed by atoms with E-state index in [0.29, 0.717) is 25.9 Å². The van der Waals surface area contributed by atoms with Crippen molar-refractivity contribution < 1.29 is 27.1 Å². The van der Waals surface area contributed by atoms with E-state index in [1.54, 1.807) is 12.1 Å². The summed E-state index contributed by atoms with van der Waals surface area (Å²) in [6, 6.07) is 12.9. The van der Waals surface area contributed by atoms with E-state index in [9.17, 15) is 22.4 Å². The van der Waals surface area contributed by atoms with Crippen LogP contribution in [0.3, 0.4) is 0 Å². The summed E-state index contributed by atoms with van der Waals surface area (Å²) in [5.74, 6) is -0.437. The summed E-state index contributed by atoms with van der Waals surface area (Å²) >= 11 is 0. The molecule has 1 saturated heterocycles. The minimum Gasteiger partial charge on any atom is -0.406 e. The van der Waals surface area contributed by atoms with Crippen molar-refractivity contribution in [1.82, 2.24) is 15.5 Å². The summed E-state index contributed by atoms with van der Waals surface area (Å²) in [5, 5.41) is 10.1. The summed E-state index contributed by atoms with van der Waals surface area (Å²) in [6.07, 6.45) is -3.50. The van der Waals surface area contributed by atoms with Crippen molar-refractivity contribution >= 4 is 11.7 Å². The standard InChI is InChI=1S/C22H20F4N4O2/c23-16-6-4-14(5-7-16)19-13-20(29-28-19)30-10-8-17(9-11-30)27-21(31)15-2-1-3-18(12-15)32-22(24,25)26/h1-7,12-13,17H,8-11H2,(H,27,31)(H,28,29). The minimum absolute atomic E-state index is 0.102. The van der Waals surface area contributed by atoms with Crippen molar-refractivity contribution in [2.75, 3.05) is 18.0 Å². The first-order valence-electron chi connectivity index (χ1n) is 10.00. The van der Waals surface area contributed by atoms with Gasteiger partial charge in [0, 0.05) is 30.8 Å². The van der Waals surface area contributed by atoms with E-state index in [1.807, 2.05) is 6.07 Å². The van der Waals surface area contributed by atoms with Gasteiger partial charge in [-0.25, -0.2) is 4.39 Å². The summed E-state index contributed by atoms with van der Waals surface area (Å²) in [6.45, 7) is 1.30. The molecule has 10 heteroatoms. The van der Waals surface area contributed by atoms with Crippen LogP contribution in [0.1, 0.15) is 23.2 Å². The van der Waals surface area contributed by atoms with Crippen LogP contribution in [0.5, 0.6) is 5.75 Å².